The molecule has 0 radical (unpaired) electrons. The summed E-state index contributed by atoms with van der Waals surface area (Å²) >= 11 is 1.86. The molecule has 3 rings (SSSR count). The predicted octanol–water partition coefficient (Wildman–Crippen LogP) is 2.15. The van der Waals surface area contributed by atoms with Crippen molar-refractivity contribution in [3.05, 3.63) is 35.9 Å². The summed E-state index contributed by atoms with van der Waals surface area (Å²) in [4.78, 5) is 15.1. The van der Waals surface area contributed by atoms with Gasteiger partial charge in [0, 0.05) is 37.6 Å². The molecule has 2 saturated heterocycles. The average Bonchev–Trinajstić information content (AvgIpc) is 2.66. The summed E-state index contributed by atoms with van der Waals surface area (Å²) in [6, 6.07) is 9.18. The van der Waals surface area contributed by atoms with Crippen LogP contribution in [-0.2, 0) is 4.74 Å². The second-order valence-corrected chi connectivity index (χ2v) is 8.62. The van der Waals surface area contributed by atoms with Crippen LogP contribution in [0.1, 0.15) is 36.5 Å². The van der Waals surface area contributed by atoms with Gasteiger partial charge in [-0.2, -0.15) is 11.8 Å². The van der Waals surface area contributed by atoms with E-state index in [9.17, 15) is 9.90 Å². The highest BCUT2D eigenvalue weighted by molar-refractivity contribution is 7.98. The molecule has 0 unspecified atom stereocenters. The van der Waals surface area contributed by atoms with E-state index in [1.807, 2.05) is 36.9 Å². The first-order chi connectivity index (χ1) is 12.5. The van der Waals surface area contributed by atoms with E-state index in [0.717, 1.165) is 38.2 Å². The summed E-state index contributed by atoms with van der Waals surface area (Å²) in [7, 11) is 0. The fourth-order valence-corrected chi connectivity index (χ4v) is 4.55. The van der Waals surface area contributed by atoms with Gasteiger partial charge >= 0.3 is 0 Å². The summed E-state index contributed by atoms with van der Waals surface area (Å²) < 4.78 is 6.12. The fourth-order valence-electron chi connectivity index (χ4n) is 4.11. The number of ether oxygens (including phenoxy) is 1. The van der Waals surface area contributed by atoms with Crippen LogP contribution in [0.3, 0.4) is 0 Å². The maximum Gasteiger partial charge on any atom is 0.251 e. The van der Waals surface area contributed by atoms with Crippen molar-refractivity contribution < 1.29 is 14.6 Å². The standard InChI is InChI=1S/C20H30N2O3S/c1-19(21-17(23)16-6-4-3-5-7-16)10-14-25-20(18(19)24)8-11-22(12-9-20)13-15-26-2/h3-7,18,24H,8-15H2,1-2H3,(H,21,23)/t18-,19+/m1/s1. The minimum Gasteiger partial charge on any atom is -0.388 e. The molecule has 2 atom stereocenters. The minimum absolute atomic E-state index is 0.137. The van der Waals surface area contributed by atoms with Gasteiger partial charge in [0.1, 0.15) is 6.10 Å². The first-order valence-electron chi connectivity index (χ1n) is 9.40. The molecule has 0 bridgehead atoms. The number of likely N-dealkylation sites (tertiary alicyclic amines) is 1. The second-order valence-electron chi connectivity index (χ2n) is 7.64. The van der Waals surface area contributed by atoms with E-state index in [2.05, 4.69) is 16.5 Å². The molecule has 1 aromatic rings. The molecule has 1 spiro atoms. The quantitative estimate of drug-likeness (QED) is 0.822. The van der Waals surface area contributed by atoms with Crippen LogP contribution in [0.15, 0.2) is 30.3 Å². The molecule has 1 amide bonds. The van der Waals surface area contributed by atoms with Gasteiger partial charge in [-0.1, -0.05) is 18.2 Å². The normalized spacial score (nSPS) is 28.8. The molecule has 2 N–H and O–H groups in total. The molecule has 0 aliphatic carbocycles. The van der Waals surface area contributed by atoms with Crippen LogP contribution < -0.4 is 5.32 Å². The Balaban J connectivity index is 1.67. The van der Waals surface area contributed by atoms with E-state index in [4.69, 9.17) is 4.74 Å². The van der Waals surface area contributed by atoms with Crippen LogP contribution in [-0.4, -0.2) is 71.4 Å². The number of hydrogen-bond donors (Lipinski definition) is 2. The van der Waals surface area contributed by atoms with Crippen molar-refractivity contribution in [1.29, 1.82) is 0 Å². The SMILES string of the molecule is CSCCN1CCC2(CC1)OCC[C@](C)(NC(=O)c1ccccc1)[C@H]2O. The molecule has 5 nitrogen and oxygen atoms in total. The maximum atomic E-state index is 12.6. The molecular weight excluding hydrogens is 348 g/mol. The number of benzene rings is 1. The third-order valence-corrected chi connectivity index (χ3v) is 6.45. The smallest absolute Gasteiger partial charge is 0.251 e. The lowest BCUT2D eigenvalue weighted by atomic mass is 9.73. The largest absolute Gasteiger partial charge is 0.388 e. The molecule has 0 saturated carbocycles. The van der Waals surface area contributed by atoms with Crippen LogP contribution in [0.2, 0.25) is 0 Å². The van der Waals surface area contributed by atoms with Crippen molar-refractivity contribution in [1.82, 2.24) is 10.2 Å². The number of hydrogen-bond acceptors (Lipinski definition) is 5. The number of aliphatic hydroxyl groups is 1. The number of nitrogens with one attached hydrogen (secondary N) is 1. The Morgan fingerprint density at radius 3 is 2.65 bits per heavy atom. The second kappa shape index (κ2) is 8.30. The van der Waals surface area contributed by atoms with Crippen molar-refractivity contribution in [2.24, 2.45) is 0 Å². The van der Waals surface area contributed by atoms with Gasteiger partial charge in [0.15, 0.2) is 0 Å². The predicted molar refractivity (Wildman–Crippen MR) is 106 cm³/mol. The van der Waals surface area contributed by atoms with Crippen LogP contribution in [0.25, 0.3) is 0 Å². The highest BCUT2D eigenvalue weighted by Gasteiger charge is 2.53. The number of piperidine rings is 1. The van der Waals surface area contributed by atoms with E-state index >= 15 is 0 Å². The van der Waals surface area contributed by atoms with E-state index in [0.29, 0.717) is 18.6 Å². The molecule has 2 heterocycles. The first kappa shape index (κ1) is 19.7. The Morgan fingerprint density at radius 2 is 2.00 bits per heavy atom. The topological polar surface area (TPSA) is 61.8 Å². The summed E-state index contributed by atoms with van der Waals surface area (Å²) in [5.74, 6) is 0.989. The fraction of sp³-hybridized carbons (Fsp3) is 0.650. The zero-order chi connectivity index (χ0) is 18.6. The number of aliphatic hydroxyl groups excluding tert-OH is 1. The number of carbonyl (C=O) groups is 1. The molecular formula is C20H30N2O3S. The molecule has 2 aliphatic heterocycles. The molecule has 2 fully saturated rings. The third-order valence-electron chi connectivity index (χ3n) is 5.86. The van der Waals surface area contributed by atoms with Gasteiger partial charge in [0.2, 0.25) is 0 Å². The maximum absolute atomic E-state index is 12.6. The Labute approximate surface area is 160 Å². The average molecular weight is 379 g/mol. The molecule has 1 aromatic carbocycles. The van der Waals surface area contributed by atoms with Crippen molar-refractivity contribution in [3.8, 4) is 0 Å². The van der Waals surface area contributed by atoms with E-state index in [-0.39, 0.29) is 5.91 Å². The van der Waals surface area contributed by atoms with E-state index in [1.165, 1.54) is 0 Å². The lowest BCUT2D eigenvalue weighted by Gasteiger charge is -2.53. The van der Waals surface area contributed by atoms with Crippen LogP contribution in [0, 0.1) is 0 Å². The van der Waals surface area contributed by atoms with Gasteiger partial charge < -0.3 is 20.1 Å². The monoisotopic (exact) mass is 378 g/mol. The van der Waals surface area contributed by atoms with Gasteiger partial charge in [0.05, 0.1) is 11.1 Å². The van der Waals surface area contributed by atoms with E-state index < -0.39 is 17.2 Å². The van der Waals surface area contributed by atoms with E-state index in [1.54, 1.807) is 12.1 Å². The van der Waals surface area contributed by atoms with Crippen LogP contribution >= 0.6 is 11.8 Å². The Hall–Kier alpha value is -1.08. The Morgan fingerprint density at radius 1 is 1.31 bits per heavy atom. The molecule has 6 heteroatoms. The zero-order valence-electron chi connectivity index (χ0n) is 15.7. The van der Waals surface area contributed by atoms with Crippen LogP contribution in [0.5, 0.6) is 0 Å². The zero-order valence-corrected chi connectivity index (χ0v) is 16.6. The number of nitrogens with zero attached hydrogens (tertiary/aromatic N) is 1. The minimum atomic E-state index is -0.709. The van der Waals surface area contributed by atoms with Crippen molar-refractivity contribution in [3.63, 3.8) is 0 Å². The van der Waals surface area contributed by atoms with Gasteiger partial charge in [-0.05, 0) is 44.6 Å². The molecule has 144 valence electrons. The molecule has 0 aromatic heterocycles. The van der Waals surface area contributed by atoms with Gasteiger partial charge in [-0.25, -0.2) is 0 Å². The van der Waals surface area contributed by atoms with Crippen LogP contribution in [0.4, 0.5) is 0 Å². The number of carbonyl (C=O) groups excluding carboxylic acids is 1. The number of amides is 1. The summed E-state index contributed by atoms with van der Waals surface area (Å²) in [6.45, 7) is 5.45. The lowest BCUT2D eigenvalue weighted by molar-refractivity contribution is -0.205. The lowest BCUT2D eigenvalue weighted by Crippen LogP contribution is -2.69. The number of rotatable bonds is 5. The molecule has 26 heavy (non-hydrogen) atoms. The van der Waals surface area contributed by atoms with Crippen molar-refractivity contribution >= 4 is 17.7 Å². The van der Waals surface area contributed by atoms with Crippen molar-refractivity contribution in [2.45, 2.75) is 43.4 Å². The van der Waals surface area contributed by atoms with Gasteiger partial charge in [0.25, 0.3) is 5.91 Å². The Bertz CT molecular complexity index is 604. The van der Waals surface area contributed by atoms with Crippen molar-refractivity contribution in [2.75, 3.05) is 38.2 Å². The highest BCUT2D eigenvalue weighted by Crippen LogP contribution is 2.40. The van der Waals surface area contributed by atoms with Gasteiger partial charge in [-0.15, -0.1) is 0 Å². The molecule has 2 aliphatic rings. The van der Waals surface area contributed by atoms with Gasteiger partial charge in [-0.3, -0.25) is 4.79 Å². The third kappa shape index (κ3) is 4.09. The summed E-state index contributed by atoms with van der Waals surface area (Å²) in [5, 5.41) is 14.3. The summed E-state index contributed by atoms with van der Waals surface area (Å²) in [6.07, 6.45) is 3.64. The number of thioether (sulfide) groups is 1. The highest BCUT2D eigenvalue weighted by atomic mass is 32.2. The summed E-state index contributed by atoms with van der Waals surface area (Å²) in [5.41, 5.74) is -0.604. The Kier molecular flexibility index (Phi) is 6.28. The first-order valence-corrected chi connectivity index (χ1v) is 10.8.